The normalized spacial score (nSPS) is 19.7. The van der Waals surface area contributed by atoms with Crippen LogP contribution in [0.5, 0.6) is 5.75 Å². The van der Waals surface area contributed by atoms with Gasteiger partial charge in [0.2, 0.25) is 6.23 Å². The van der Waals surface area contributed by atoms with E-state index in [1.165, 1.54) is 30.2 Å². The summed E-state index contributed by atoms with van der Waals surface area (Å²) in [5.41, 5.74) is 2.81. The Balaban J connectivity index is 1.17. The number of amides is 1. The van der Waals surface area contributed by atoms with E-state index in [2.05, 4.69) is 26.7 Å². The third-order valence-electron chi connectivity index (χ3n) is 9.09. The van der Waals surface area contributed by atoms with Gasteiger partial charge in [0.25, 0.3) is 0 Å². The SMILES string of the molecule is CC(C)(C)OC(=O)N1CCCC1c1ncc(-c2cc(F)c3c(c2)OC(c2ccc(C4CCC4)s2)n2c-3cc3cc(Cl)ccc32)[nH]1. The number of nitrogens with zero attached hydrogens (tertiary/aromatic N) is 3. The minimum atomic E-state index is -0.586. The fourth-order valence-electron chi connectivity index (χ4n) is 6.75. The summed E-state index contributed by atoms with van der Waals surface area (Å²) < 4.78 is 30.7. The van der Waals surface area contributed by atoms with Crippen molar-refractivity contribution in [3.8, 4) is 28.3 Å². The monoisotopic (exact) mass is 644 g/mol. The molecule has 2 aliphatic heterocycles. The molecule has 0 bridgehead atoms. The molecule has 1 aliphatic carbocycles. The maximum atomic E-state index is 16.2. The number of fused-ring (bicyclic) bond motifs is 5. The van der Waals surface area contributed by atoms with Gasteiger partial charge in [0.15, 0.2) is 0 Å². The van der Waals surface area contributed by atoms with E-state index < -0.39 is 11.8 Å². The zero-order valence-electron chi connectivity index (χ0n) is 25.4. The van der Waals surface area contributed by atoms with Crippen LogP contribution in [0.3, 0.4) is 0 Å². The Morgan fingerprint density at radius 1 is 1.09 bits per heavy atom. The maximum Gasteiger partial charge on any atom is 0.410 e. The number of hydrogen-bond donors (Lipinski definition) is 1. The number of thiophene rings is 1. The highest BCUT2D eigenvalue weighted by Crippen LogP contribution is 2.49. The third-order valence-corrected chi connectivity index (χ3v) is 10.6. The van der Waals surface area contributed by atoms with Crippen LogP contribution in [0.4, 0.5) is 9.18 Å². The van der Waals surface area contributed by atoms with E-state index in [4.69, 9.17) is 21.1 Å². The number of hydrogen-bond acceptors (Lipinski definition) is 5. The first-order valence-electron chi connectivity index (χ1n) is 15.6. The number of carbonyl (C=O) groups excluding carboxylic acids is 1. The van der Waals surface area contributed by atoms with Gasteiger partial charge >= 0.3 is 6.09 Å². The third kappa shape index (κ3) is 5.00. The highest BCUT2D eigenvalue weighted by molar-refractivity contribution is 7.12. The van der Waals surface area contributed by atoms with Crippen molar-refractivity contribution in [2.45, 2.75) is 76.7 Å². The molecule has 2 atom stereocenters. The summed E-state index contributed by atoms with van der Waals surface area (Å²) in [6.45, 7) is 6.18. The molecular weight excluding hydrogens is 611 g/mol. The van der Waals surface area contributed by atoms with Gasteiger partial charge in [0.05, 0.1) is 39.6 Å². The van der Waals surface area contributed by atoms with Crippen LogP contribution in [0, 0.1) is 5.82 Å². The first-order chi connectivity index (χ1) is 21.6. The number of halogens is 2. The molecule has 1 saturated heterocycles. The van der Waals surface area contributed by atoms with Crippen molar-refractivity contribution in [2.75, 3.05) is 6.54 Å². The molecule has 1 saturated carbocycles. The van der Waals surface area contributed by atoms with Crippen molar-refractivity contribution in [2.24, 2.45) is 0 Å². The highest BCUT2D eigenvalue weighted by Gasteiger charge is 2.36. The summed E-state index contributed by atoms with van der Waals surface area (Å²) in [4.78, 5) is 25.1. The quantitative estimate of drug-likeness (QED) is 0.211. The maximum absolute atomic E-state index is 16.2. The van der Waals surface area contributed by atoms with Gasteiger partial charge in [-0.1, -0.05) is 18.0 Å². The fraction of sp³-hybridized carbons (Fsp3) is 0.371. The van der Waals surface area contributed by atoms with Crippen LogP contribution in [0.15, 0.2) is 54.7 Å². The zero-order chi connectivity index (χ0) is 31.0. The molecule has 3 aromatic heterocycles. The number of aromatic amines is 1. The molecule has 3 aliphatic rings. The standard InChI is InChI=1S/C35H34ClFN4O3S/c1-35(2,3)44-34(42)40-13-5-8-26(40)32-38-18-24(39-32)20-15-23(37)31-27-16-21-14-22(36)9-10-25(21)41(27)33(43-28(31)17-20)30-12-11-29(45-30)19-6-4-7-19/h9-12,14-19,26,33H,4-8,13H2,1-3H3,(H,38,39). The summed E-state index contributed by atoms with van der Waals surface area (Å²) in [5.74, 6) is 1.36. The smallest absolute Gasteiger partial charge is 0.410 e. The molecule has 10 heteroatoms. The number of carbonyl (C=O) groups is 1. The van der Waals surface area contributed by atoms with Crippen LogP contribution >= 0.6 is 22.9 Å². The molecule has 7 nitrogen and oxygen atoms in total. The van der Waals surface area contributed by atoms with E-state index in [0.717, 1.165) is 34.3 Å². The van der Waals surface area contributed by atoms with Gasteiger partial charge in [-0.3, -0.25) is 9.47 Å². The van der Waals surface area contributed by atoms with Gasteiger partial charge in [-0.15, -0.1) is 11.3 Å². The number of H-pyrrole nitrogens is 1. The molecule has 1 N–H and O–H groups in total. The van der Waals surface area contributed by atoms with Crippen LogP contribution in [0.25, 0.3) is 33.4 Å². The van der Waals surface area contributed by atoms with Crippen LogP contribution < -0.4 is 4.74 Å². The zero-order valence-corrected chi connectivity index (χ0v) is 27.0. The van der Waals surface area contributed by atoms with Crippen LogP contribution in [-0.4, -0.2) is 37.7 Å². The van der Waals surface area contributed by atoms with Gasteiger partial charge in [-0.25, -0.2) is 14.2 Å². The predicted molar refractivity (Wildman–Crippen MR) is 175 cm³/mol. The Hall–Kier alpha value is -3.82. The predicted octanol–water partition coefficient (Wildman–Crippen LogP) is 9.83. The lowest BCUT2D eigenvalue weighted by Crippen LogP contribution is -2.36. The minimum Gasteiger partial charge on any atom is -0.464 e. The van der Waals surface area contributed by atoms with E-state index in [0.29, 0.717) is 45.9 Å². The Labute approximate surface area is 269 Å². The van der Waals surface area contributed by atoms with Crippen molar-refractivity contribution >= 4 is 39.9 Å². The lowest BCUT2D eigenvalue weighted by Gasteiger charge is -2.30. The largest absolute Gasteiger partial charge is 0.464 e. The van der Waals surface area contributed by atoms with Gasteiger partial charge in [-0.05, 0) is 101 Å². The second-order valence-corrected chi connectivity index (χ2v) is 14.9. The topological polar surface area (TPSA) is 72.4 Å². The van der Waals surface area contributed by atoms with E-state index >= 15 is 4.39 Å². The molecule has 0 radical (unpaired) electrons. The van der Waals surface area contributed by atoms with Gasteiger partial charge in [0, 0.05) is 27.4 Å². The van der Waals surface area contributed by atoms with Gasteiger partial charge < -0.3 is 14.5 Å². The highest BCUT2D eigenvalue weighted by atomic mass is 35.5. The first-order valence-corrected chi connectivity index (χ1v) is 16.8. The second kappa shape index (κ2) is 10.6. The van der Waals surface area contributed by atoms with Gasteiger partial charge in [-0.2, -0.15) is 0 Å². The second-order valence-electron chi connectivity index (χ2n) is 13.3. The minimum absolute atomic E-state index is 0.233. The van der Waals surface area contributed by atoms with Crippen LogP contribution in [-0.2, 0) is 4.74 Å². The molecule has 5 heterocycles. The number of benzene rings is 2. The van der Waals surface area contributed by atoms with Crippen molar-refractivity contribution in [3.63, 3.8) is 0 Å². The van der Waals surface area contributed by atoms with E-state index in [-0.39, 0.29) is 18.0 Å². The molecule has 232 valence electrons. The Morgan fingerprint density at radius 3 is 2.69 bits per heavy atom. The molecule has 1 amide bonds. The molecule has 2 unspecified atom stereocenters. The summed E-state index contributed by atoms with van der Waals surface area (Å²) in [7, 11) is 0. The number of likely N-dealkylation sites (tertiary alicyclic amines) is 1. The Bertz CT molecular complexity index is 1950. The summed E-state index contributed by atoms with van der Waals surface area (Å²) in [6.07, 6.45) is 6.25. The Kier molecular flexibility index (Phi) is 6.76. The number of ether oxygens (including phenoxy) is 2. The average Bonchev–Trinajstić information content (AvgIpc) is 3.75. The Morgan fingerprint density at radius 2 is 1.91 bits per heavy atom. The summed E-state index contributed by atoms with van der Waals surface area (Å²) in [5, 5.41) is 1.56. The van der Waals surface area contributed by atoms with Crippen molar-refractivity contribution in [3.05, 3.63) is 81.1 Å². The van der Waals surface area contributed by atoms with Crippen LogP contribution in [0.2, 0.25) is 5.02 Å². The lowest BCUT2D eigenvalue weighted by atomic mass is 9.84. The van der Waals surface area contributed by atoms with E-state index in [1.54, 1.807) is 22.4 Å². The molecule has 45 heavy (non-hydrogen) atoms. The molecule has 2 aromatic carbocycles. The van der Waals surface area contributed by atoms with Crippen LogP contribution in [0.1, 0.15) is 86.6 Å². The van der Waals surface area contributed by atoms with E-state index in [1.807, 2.05) is 51.1 Å². The number of nitrogens with one attached hydrogen (secondary N) is 1. The number of aromatic nitrogens is 3. The average molecular weight is 645 g/mol. The molecular formula is C35H34ClFN4O3S. The first kappa shape index (κ1) is 28.6. The summed E-state index contributed by atoms with van der Waals surface area (Å²) >= 11 is 8.15. The van der Waals surface area contributed by atoms with E-state index in [9.17, 15) is 4.79 Å². The molecule has 2 fully saturated rings. The summed E-state index contributed by atoms with van der Waals surface area (Å²) in [6, 6.07) is 15.3. The molecule has 8 rings (SSSR count). The van der Waals surface area contributed by atoms with Crippen molar-refractivity contribution in [1.82, 2.24) is 19.4 Å². The van der Waals surface area contributed by atoms with Crippen molar-refractivity contribution < 1.29 is 18.7 Å². The number of rotatable bonds is 4. The fourth-order valence-corrected chi connectivity index (χ4v) is 8.13. The molecule has 0 spiro atoms. The molecule has 5 aromatic rings. The van der Waals surface area contributed by atoms with Crippen molar-refractivity contribution in [1.29, 1.82) is 0 Å². The van der Waals surface area contributed by atoms with Gasteiger partial charge in [0.1, 0.15) is 23.0 Å². The lowest BCUT2D eigenvalue weighted by molar-refractivity contribution is 0.0218. The number of imidazole rings is 1.